The van der Waals surface area contributed by atoms with E-state index in [-0.39, 0.29) is 12.5 Å². The van der Waals surface area contributed by atoms with Gasteiger partial charge in [0.15, 0.2) is 12.4 Å². The van der Waals surface area contributed by atoms with Crippen molar-refractivity contribution in [3.05, 3.63) is 0 Å². The third-order valence-corrected chi connectivity index (χ3v) is 1.59. The van der Waals surface area contributed by atoms with Gasteiger partial charge >= 0.3 is 5.97 Å². The Morgan fingerprint density at radius 2 is 2.55 bits per heavy atom. The Balaban J connectivity index is 2.35. The van der Waals surface area contributed by atoms with E-state index in [0.29, 0.717) is 0 Å². The minimum atomic E-state index is -0.608. The molecule has 0 aromatic heterocycles. The van der Waals surface area contributed by atoms with Crippen molar-refractivity contribution in [1.29, 1.82) is 0 Å². The molecule has 1 aliphatic rings. The topological polar surface area (TPSA) is 44.8 Å². The Morgan fingerprint density at radius 1 is 1.82 bits per heavy atom. The van der Waals surface area contributed by atoms with E-state index in [2.05, 4.69) is 4.74 Å². The van der Waals surface area contributed by atoms with Crippen molar-refractivity contribution < 1.29 is 19.0 Å². The molecule has 4 nitrogen and oxygen atoms in total. The average molecular weight is 181 g/mol. The summed E-state index contributed by atoms with van der Waals surface area (Å²) in [6, 6.07) is 0. The van der Waals surface area contributed by atoms with Crippen molar-refractivity contribution in [3.63, 3.8) is 0 Å². The van der Waals surface area contributed by atoms with Crippen molar-refractivity contribution in [2.45, 2.75) is 12.4 Å². The predicted octanol–water partition coefficient (Wildman–Crippen LogP) is 0.140. The lowest BCUT2D eigenvalue weighted by atomic mass is 10.4. The highest BCUT2D eigenvalue weighted by molar-refractivity contribution is 6.18. The van der Waals surface area contributed by atoms with E-state index in [9.17, 15) is 4.79 Å². The molecular weight excluding hydrogens is 172 g/mol. The zero-order chi connectivity index (χ0) is 8.27. The summed E-state index contributed by atoms with van der Waals surface area (Å²) in [6.07, 6.45) is -1.08. The third kappa shape index (κ3) is 2.05. The second-order valence-electron chi connectivity index (χ2n) is 2.07. The van der Waals surface area contributed by atoms with Gasteiger partial charge in [0.2, 0.25) is 0 Å². The van der Waals surface area contributed by atoms with Crippen molar-refractivity contribution in [2.75, 3.05) is 19.6 Å². The van der Waals surface area contributed by atoms with Gasteiger partial charge in [-0.05, 0) is 0 Å². The van der Waals surface area contributed by atoms with E-state index in [1.807, 2.05) is 0 Å². The molecule has 1 rings (SSSR count). The number of carbonyl (C=O) groups is 1. The quantitative estimate of drug-likeness (QED) is 0.448. The molecular formula is C6H9ClO4. The van der Waals surface area contributed by atoms with Crippen LogP contribution in [0.2, 0.25) is 0 Å². The minimum Gasteiger partial charge on any atom is -0.467 e. The summed E-state index contributed by atoms with van der Waals surface area (Å²) in [4.78, 5) is 10.8. The van der Waals surface area contributed by atoms with Gasteiger partial charge < -0.3 is 14.2 Å². The molecule has 1 aliphatic heterocycles. The first-order valence-corrected chi connectivity index (χ1v) is 3.72. The van der Waals surface area contributed by atoms with Gasteiger partial charge in [0.1, 0.15) is 0 Å². The molecule has 11 heavy (non-hydrogen) atoms. The van der Waals surface area contributed by atoms with Gasteiger partial charge in [-0.2, -0.15) is 0 Å². The molecule has 1 fully saturated rings. The lowest BCUT2D eigenvalue weighted by Gasteiger charge is -2.05. The number of hydrogen-bond donors (Lipinski definition) is 0. The lowest BCUT2D eigenvalue weighted by molar-refractivity contribution is -0.153. The van der Waals surface area contributed by atoms with Gasteiger partial charge in [-0.1, -0.05) is 0 Å². The van der Waals surface area contributed by atoms with Crippen LogP contribution in [-0.4, -0.2) is 38.0 Å². The molecule has 0 unspecified atom stereocenters. The maximum absolute atomic E-state index is 10.8. The van der Waals surface area contributed by atoms with Crippen LogP contribution in [0.25, 0.3) is 0 Å². The van der Waals surface area contributed by atoms with Crippen molar-refractivity contribution in [3.8, 4) is 0 Å². The predicted molar refractivity (Wildman–Crippen MR) is 37.3 cm³/mol. The minimum absolute atomic E-state index is 0.226. The van der Waals surface area contributed by atoms with E-state index < -0.39 is 18.4 Å². The summed E-state index contributed by atoms with van der Waals surface area (Å²) in [5.74, 6) is -0.189. The third-order valence-electron chi connectivity index (χ3n) is 1.34. The Hall–Kier alpha value is -0.320. The molecule has 0 saturated carbocycles. The number of methoxy groups -OCH3 is 1. The first kappa shape index (κ1) is 8.77. The Labute approximate surface area is 69.4 Å². The fourth-order valence-electron chi connectivity index (χ4n) is 0.792. The Bertz CT molecular complexity index is 150. The number of rotatable bonds is 2. The van der Waals surface area contributed by atoms with Crippen LogP contribution < -0.4 is 0 Å². The number of hydrogen-bond acceptors (Lipinski definition) is 4. The maximum atomic E-state index is 10.8. The number of carbonyl (C=O) groups excluding carboxylic acids is 1. The normalized spacial score (nSPS) is 30.4. The first-order chi connectivity index (χ1) is 5.27. The van der Waals surface area contributed by atoms with E-state index in [1.54, 1.807) is 0 Å². The lowest BCUT2D eigenvalue weighted by Crippen LogP contribution is -2.25. The molecule has 0 bridgehead atoms. The smallest absolute Gasteiger partial charge is 0.337 e. The molecule has 1 saturated heterocycles. The van der Waals surface area contributed by atoms with Crippen LogP contribution in [0.1, 0.15) is 0 Å². The van der Waals surface area contributed by atoms with Gasteiger partial charge in [-0.25, -0.2) is 4.79 Å². The fourth-order valence-corrected chi connectivity index (χ4v) is 0.954. The Kier molecular flexibility index (Phi) is 3.11. The molecule has 0 aromatic carbocycles. The number of alkyl halides is 1. The maximum Gasteiger partial charge on any atom is 0.337 e. The summed E-state index contributed by atoms with van der Waals surface area (Å²) < 4.78 is 14.5. The zero-order valence-corrected chi connectivity index (χ0v) is 6.84. The van der Waals surface area contributed by atoms with Crippen LogP contribution in [0.3, 0.4) is 0 Å². The molecule has 0 N–H and O–H groups in total. The molecule has 0 radical (unpaired) electrons. The molecule has 0 spiro atoms. The molecule has 1 heterocycles. The Morgan fingerprint density at radius 3 is 3.00 bits per heavy atom. The molecule has 0 amide bonds. The zero-order valence-electron chi connectivity index (χ0n) is 6.08. The van der Waals surface area contributed by atoms with Crippen LogP contribution >= 0.6 is 11.6 Å². The van der Waals surface area contributed by atoms with Crippen molar-refractivity contribution >= 4 is 17.6 Å². The van der Waals surface area contributed by atoms with Crippen LogP contribution in [0.5, 0.6) is 0 Å². The standard InChI is InChI=1S/C6H9ClO4/c1-9-6(8)4-3-10-5(2-7)11-4/h4-5H,2-3H2,1H3/t4-,5+/m0/s1. The first-order valence-electron chi connectivity index (χ1n) is 3.18. The number of halogens is 1. The van der Waals surface area contributed by atoms with Crippen molar-refractivity contribution in [1.82, 2.24) is 0 Å². The highest BCUT2D eigenvalue weighted by Gasteiger charge is 2.31. The monoisotopic (exact) mass is 180 g/mol. The highest BCUT2D eigenvalue weighted by Crippen LogP contribution is 2.13. The van der Waals surface area contributed by atoms with Crippen LogP contribution in [0, 0.1) is 0 Å². The van der Waals surface area contributed by atoms with E-state index in [1.165, 1.54) is 7.11 Å². The number of esters is 1. The average Bonchev–Trinajstić information content (AvgIpc) is 2.50. The van der Waals surface area contributed by atoms with Gasteiger partial charge in [0, 0.05) is 0 Å². The summed E-state index contributed by atoms with van der Waals surface area (Å²) in [6.45, 7) is 0.226. The second-order valence-corrected chi connectivity index (χ2v) is 2.37. The summed E-state index contributed by atoms with van der Waals surface area (Å²) in [5, 5.41) is 0. The van der Waals surface area contributed by atoms with E-state index >= 15 is 0 Å². The molecule has 2 atom stereocenters. The molecule has 5 heteroatoms. The van der Waals surface area contributed by atoms with E-state index in [4.69, 9.17) is 21.1 Å². The largest absolute Gasteiger partial charge is 0.467 e. The van der Waals surface area contributed by atoms with Gasteiger partial charge in [0.25, 0.3) is 0 Å². The second kappa shape index (κ2) is 3.90. The summed E-state index contributed by atoms with van der Waals surface area (Å²) in [5.41, 5.74) is 0. The fraction of sp³-hybridized carbons (Fsp3) is 0.833. The van der Waals surface area contributed by atoms with Gasteiger partial charge in [0.05, 0.1) is 19.6 Å². The van der Waals surface area contributed by atoms with Crippen LogP contribution in [0.15, 0.2) is 0 Å². The van der Waals surface area contributed by atoms with Crippen LogP contribution in [0.4, 0.5) is 0 Å². The van der Waals surface area contributed by atoms with E-state index in [0.717, 1.165) is 0 Å². The molecule has 64 valence electrons. The highest BCUT2D eigenvalue weighted by atomic mass is 35.5. The molecule has 0 aliphatic carbocycles. The summed E-state index contributed by atoms with van der Waals surface area (Å²) >= 11 is 5.42. The molecule has 0 aromatic rings. The van der Waals surface area contributed by atoms with Crippen molar-refractivity contribution in [2.24, 2.45) is 0 Å². The number of ether oxygens (including phenoxy) is 3. The van der Waals surface area contributed by atoms with Crippen LogP contribution in [-0.2, 0) is 19.0 Å². The SMILES string of the molecule is COC(=O)[C@@H]1CO[C@@H](CCl)O1. The van der Waals surface area contributed by atoms with Gasteiger partial charge in [-0.15, -0.1) is 11.6 Å². The summed E-state index contributed by atoms with van der Waals surface area (Å²) in [7, 11) is 1.31. The van der Waals surface area contributed by atoms with Gasteiger partial charge in [-0.3, -0.25) is 0 Å².